The van der Waals surface area contributed by atoms with E-state index in [1.807, 2.05) is 19.1 Å². The minimum atomic E-state index is -1.55. The van der Waals surface area contributed by atoms with Crippen molar-refractivity contribution in [2.75, 3.05) is 5.75 Å². The van der Waals surface area contributed by atoms with Gasteiger partial charge in [0, 0.05) is 0 Å². The van der Waals surface area contributed by atoms with Gasteiger partial charge in [-0.05, 0) is 19.1 Å². The minimum absolute atomic E-state index is 0.0894. The third-order valence-corrected chi connectivity index (χ3v) is 2.20. The molecule has 1 rings (SSSR count). The first kappa shape index (κ1) is 9.92. The maximum atomic E-state index is 11.0. The van der Waals surface area contributed by atoms with E-state index in [0.29, 0.717) is 12.0 Å². The third kappa shape index (κ3) is 3.38. The first-order chi connectivity index (χ1) is 6.22. The van der Waals surface area contributed by atoms with Crippen LogP contribution in [-0.4, -0.2) is 16.2 Å². The number of hydrogen-bond donors (Lipinski definition) is 0. The molecule has 0 amide bonds. The summed E-state index contributed by atoms with van der Waals surface area (Å²) in [5, 5.41) is 0. The highest BCUT2D eigenvalue weighted by molar-refractivity contribution is 7.81. The molecule has 70 valence electrons. The van der Waals surface area contributed by atoms with E-state index in [-0.39, 0.29) is 5.75 Å². The normalized spacial score (nSPS) is 12.1. The molecule has 4 heteroatoms. The first-order valence-corrected chi connectivity index (χ1v) is 5.04. The van der Waals surface area contributed by atoms with Gasteiger partial charge in [0.15, 0.2) is 0 Å². The second kappa shape index (κ2) is 4.77. The van der Waals surface area contributed by atoms with E-state index in [4.69, 9.17) is 4.18 Å². The fourth-order valence-corrected chi connectivity index (χ4v) is 1.30. The van der Waals surface area contributed by atoms with Crippen LogP contribution in [0, 0.1) is 6.92 Å². The van der Waals surface area contributed by atoms with Crippen LogP contribution in [0.2, 0.25) is 0 Å². The molecule has 1 atom stereocenters. The summed E-state index contributed by atoms with van der Waals surface area (Å²) in [4.78, 5) is 9.99. The highest BCUT2D eigenvalue weighted by Gasteiger charge is 2.00. The van der Waals surface area contributed by atoms with E-state index in [9.17, 15) is 9.00 Å². The predicted octanol–water partition coefficient (Wildman–Crippen LogP) is 1.24. The van der Waals surface area contributed by atoms with Crippen LogP contribution in [0.3, 0.4) is 0 Å². The molecule has 0 aliphatic carbocycles. The third-order valence-electron chi connectivity index (χ3n) is 1.41. The number of carbonyl (C=O) groups excluding carboxylic acids is 1. The molecule has 0 aliphatic heterocycles. The first-order valence-electron chi connectivity index (χ1n) is 3.79. The predicted molar refractivity (Wildman–Crippen MR) is 50.9 cm³/mol. The van der Waals surface area contributed by atoms with Crippen LogP contribution in [0.15, 0.2) is 24.3 Å². The molecule has 0 radical (unpaired) electrons. The van der Waals surface area contributed by atoms with Crippen molar-refractivity contribution >= 4 is 17.4 Å². The van der Waals surface area contributed by atoms with Gasteiger partial charge in [-0.15, -0.1) is 0 Å². The summed E-state index contributed by atoms with van der Waals surface area (Å²) < 4.78 is 15.9. The van der Waals surface area contributed by atoms with Gasteiger partial charge >= 0.3 is 0 Å². The molecule has 1 aromatic rings. The van der Waals surface area contributed by atoms with Crippen LogP contribution in [0.25, 0.3) is 0 Å². The molecule has 0 fully saturated rings. The number of aryl methyl sites for hydroxylation is 1. The van der Waals surface area contributed by atoms with Crippen molar-refractivity contribution in [3.05, 3.63) is 29.8 Å². The standard InChI is InChI=1S/C9H10O3S/c1-8-2-4-9(5-3-8)12-13(11)7-6-10/h2-6H,7H2,1H3. The lowest BCUT2D eigenvalue weighted by atomic mass is 10.2. The Bertz CT molecular complexity index is 305. The van der Waals surface area contributed by atoms with Gasteiger partial charge in [0.05, 0.1) is 0 Å². The molecule has 1 unspecified atom stereocenters. The van der Waals surface area contributed by atoms with Gasteiger partial charge in [0.2, 0.25) is 11.1 Å². The number of rotatable bonds is 4. The number of carbonyl (C=O) groups is 1. The Morgan fingerprint density at radius 3 is 2.54 bits per heavy atom. The zero-order valence-electron chi connectivity index (χ0n) is 7.23. The molecule has 0 bridgehead atoms. The molecule has 13 heavy (non-hydrogen) atoms. The van der Waals surface area contributed by atoms with Crippen molar-refractivity contribution in [3.63, 3.8) is 0 Å². The summed E-state index contributed by atoms with van der Waals surface area (Å²) in [6, 6.07) is 7.15. The lowest BCUT2D eigenvalue weighted by Gasteiger charge is -2.01. The fraction of sp³-hybridized carbons (Fsp3) is 0.222. The van der Waals surface area contributed by atoms with Gasteiger partial charge in [0.1, 0.15) is 17.8 Å². The van der Waals surface area contributed by atoms with E-state index in [2.05, 4.69) is 0 Å². The van der Waals surface area contributed by atoms with E-state index < -0.39 is 11.1 Å². The van der Waals surface area contributed by atoms with Crippen LogP contribution < -0.4 is 4.18 Å². The maximum absolute atomic E-state index is 11.0. The highest BCUT2D eigenvalue weighted by Crippen LogP contribution is 2.12. The van der Waals surface area contributed by atoms with Crippen molar-refractivity contribution in [3.8, 4) is 5.75 Å². The van der Waals surface area contributed by atoms with Crippen LogP contribution in [0.1, 0.15) is 5.56 Å². The van der Waals surface area contributed by atoms with Crippen molar-refractivity contribution in [1.82, 2.24) is 0 Å². The van der Waals surface area contributed by atoms with Crippen LogP contribution in [0.4, 0.5) is 0 Å². The Hall–Kier alpha value is -1.16. The maximum Gasteiger partial charge on any atom is 0.213 e. The van der Waals surface area contributed by atoms with Gasteiger partial charge in [-0.25, -0.2) is 4.21 Å². The average Bonchev–Trinajstić information content (AvgIpc) is 2.09. The van der Waals surface area contributed by atoms with Crippen molar-refractivity contribution in [2.45, 2.75) is 6.92 Å². The Labute approximate surface area is 79.4 Å². The van der Waals surface area contributed by atoms with Crippen LogP contribution in [-0.2, 0) is 15.9 Å². The molecule has 0 aromatic heterocycles. The monoisotopic (exact) mass is 198 g/mol. The SMILES string of the molecule is Cc1ccc(OS(=O)CC=O)cc1. The minimum Gasteiger partial charge on any atom is -0.400 e. The molecule has 0 N–H and O–H groups in total. The molecule has 1 aromatic carbocycles. The fourth-order valence-electron chi connectivity index (χ4n) is 0.791. The van der Waals surface area contributed by atoms with Crippen LogP contribution >= 0.6 is 0 Å². The Morgan fingerprint density at radius 2 is 2.00 bits per heavy atom. The zero-order valence-corrected chi connectivity index (χ0v) is 8.04. The van der Waals surface area contributed by atoms with Crippen LogP contribution in [0.5, 0.6) is 5.75 Å². The zero-order chi connectivity index (χ0) is 9.68. The Balaban J connectivity index is 2.59. The van der Waals surface area contributed by atoms with Crippen molar-refractivity contribution in [1.29, 1.82) is 0 Å². The van der Waals surface area contributed by atoms with Crippen molar-refractivity contribution < 1.29 is 13.2 Å². The van der Waals surface area contributed by atoms with Gasteiger partial charge in [0.25, 0.3) is 0 Å². The van der Waals surface area contributed by atoms with Gasteiger partial charge < -0.3 is 8.98 Å². The summed E-state index contributed by atoms with van der Waals surface area (Å²) in [7, 11) is 0. The largest absolute Gasteiger partial charge is 0.400 e. The number of aldehydes is 1. The molecular weight excluding hydrogens is 188 g/mol. The molecule has 0 spiro atoms. The molecular formula is C9H10O3S. The van der Waals surface area contributed by atoms with E-state index in [0.717, 1.165) is 5.56 Å². The van der Waals surface area contributed by atoms with Gasteiger partial charge in [-0.2, -0.15) is 0 Å². The summed E-state index contributed by atoms with van der Waals surface area (Å²) in [5.74, 6) is 0.430. The summed E-state index contributed by atoms with van der Waals surface area (Å²) in [6.45, 7) is 1.95. The average molecular weight is 198 g/mol. The lowest BCUT2D eigenvalue weighted by molar-refractivity contribution is -0.105. The second-order valence-electron chi connectivity index (χ2n) is 2.53. The lowest BCUT2D eigenvalue weighted by Crippen LogP contribution is -2.05. The molecule has 0 heterocycles. The van der Waals surface area contributed by atoms with E-state index in [1.54, 1.807) is 12.1 Å². The topological polar surface area (TPSA) is 43.4 Å². The molecule has 3 nitrogen and oxygen atoms in total. The van der Waals surface area contributed by atoms with Crippen molar-refractivity contribution in [2.24, 2.45) is 0 Å². The smallest absolute Gasteiger partial charge is 0.213 e. The summed E-state index contributed by atoms with van der Waals surface area (Å²) in [5.41, 5.74) is 1.11. The molecule has 0 saturated carbocycles. The molecule has 0 aliphatic rings. The Kier molecular flexibility index (Phi) is 3.64. The highest BCUT2D eigenvalue weighted by atomic mass is 32.2. The number of hydrogen-bond acceptors (Lipinski definition) is 3. The Morgan fingerprint density at radius 1 is 1.38 bits per heavy atom. The number of benzene rings is 1. The van der Waals surface area contributed by atoms with Gasteiger partial charge in [-0.3, -0.25) is 0 Å². The summed E-state index contributed by atoms with van der Waals surface area (Å²) in [6.07, 6.45) is 0.574. The van der Waals surface area contributed by atoms with E-state index in [1.165, 1.54) is 0 Å². The quantitative estimate of drug-likeness (QED) is 0.683. The molecule has 0 saturated heterocycles. The second-order valence-corrected chi connectivity index (χ2v) is 3.64. The van der Waals surface area contributed by atoms with E-state index >= 15 is 0 Å². The summed E-state index contributed by atoms with van der Waals surface area (Å²) >= 11 is -1.55. The van der Waals surface area contributed by atoms with Gasteiger partial charge in [-0.1, -0.05) is 17.7 Å².